The van der Waals surface area contributed by atoms with E-state index in [0.717, 1.165) is 28.8 Å². The van der Waals surface area contributed by atoms with E-state index < -0.39 is 23.1 Å². The number of esters is 1. The van der Waals surface area contributed by atoms with E-state index in [9.17, 15) is 27.6 Å². The monoisotopic (exact) mass is 666 g/mol. The fourth-order valence-electron chi connectivity index (χ4n) is 7.21. The molecular formula is C40H37F3N2O4. The van der Waals surface area contributed by atoms with Gasteiger partial charge in [0.05, 0.1) is 11.5 Å². The molecular weight excluding hydrogens is 629 g/mol. The van der Waals surface area contributed by atoms with Crippen molar-refractivity contribution in [3.63, 3.8) is 0 Å². The molecule has 2 amide bonds. The SMILES string of the molecule is C=CCOC(=O)[C@]1(c2ccccc2)CC[C@@H](C(=O)N2CCC(NC(=O)c3ccccc3-c3ccc(C(F)(F)F)cc3)CC2)c2ccccc21. The Hall–Kier alpha value is -5.18. The molecule has 1 heterocycles. The molecule has 1 aliphatic carbocycles. The summed E-state index contributed by atoms with van der Waals surface area (Å²) in [5, 5.41) is 3.08. The summed E-state index contributed by atoms with van der Waals surface area (Å²) in [7, 11) is 0. The van der Waals surface area contributed by atoms with Crippen molar-refractivity contribution in [1.82, 2.24) is 10.2 Å². The molecule has 0 saturated carbocycles. The highest BCUT2D eigenvalue weighted by Gasteiger charge is 2.50. The minimum absolute atomic E-state index is 0.00834. The molecule has 2 aliphatic rings. The van der Waals surface area contributed by atoms with Crippen LogP contribution >= 0.6 is 0 Å². The Kier molecular flexibility index (Phi) is 9.72. The number of nitrogens with zero attached hydrogens (tertiary/aromatic N) is 1. The molecule has 0 aromatic heterocycles. The molecule has 1 saturated heterocycles. The predicted octanol–water partition coefficient (Wildman–Crippen LogP) is 7.69. The molecule has 252 valence electrons. The van der Waals surface area contributed by atoms with Crippen LogP contribution in [-0.4, -0.2) is 48.4 Å². The van der Waals surface area contributed by atoms with E-state index in [2.05, 4.69) is 11.9 Å². The molecule has 1 fully saturated rings. The van der Waals surface area contributed by atoms with E-state index in [-0.39, 0.29) is 30.4 Å². The number of fused-ring (bicyclic) bond motifs is 1. The van der Waals surface area contributed by atoms with Crippen LogP contribution in [0.15, 0.2) is 116 Å². The Bertz CT molecular complexity index is 1830. The van der Waals surface area contributed by atoms with E-state index in [1.807, 2.05) is 59.5 Å². The summed E-state index contributed by atoms with van der Waals surface area (Å²) < 4.78 is 44.9. The van der Waals surface area contributed by atoms with Crippen molar-refractivity contribution < 1.29 is 32.3 Å². The number of carbonyl (C=O) groups excluding carboxylic acids is 3. The van der Waals surface area contributed by atoms with Crippen LogP contribution in [0.4, 0.5) is 13.2 Å². The molecule has 0 unspecified atom stereocenters. The van der Waals surface area contributed by atoms with Crippen LogP contribution in [0.5, 0.6) is 0 Å². The topological polar surface area (TPSA) is 75.7 Å². The van der Waals surface area contributed by atoms with Gasteiger partial charge in [-0.05, 0) is 71.7 Å². The Labute approximate surface area is 283 Å². The minimum Gasteiger partial charge on any atom is -0.461 e. The Morgan fingerprint density at radius 2 is 1.51 bits per heavy atom. The normalized spacial score (nSPS) is 19.4. The zero-order chi connectivity index (χ0) is 34.6. The van der Waals surface area contributed by atoms with Crippen molar-refractivity contribution in [1.29, 1.82) is 0 Å². The second-order valence-corrected chi connectivity index (χ2v) is 12.5. The highest BCUT2D eigenvalue weighted by atomic mass is 19.4. The minimum atomic E-state index is -4.45. The summed E-state index contributed by atoms with van der Waals surface area (Å²) in [4.78, 5) is 43.1. The molecule has 0 radical (unpaired) electrons. The highest BCUT2D eigenvalue weighted by Crippen LogP contribution is 2.48. The van der Waals surface area contributed by atoms with Crippen molar-refractivity contribution >= 4 is 17.8 Å². The number of carbonyl (C=O) groups is 3. The molecule has 6 rings (SSSR count). The predicted molar refractivity (Wildman–Crippen MR) is 181 cm³/mol. The van der Waals surface area contributed by atoms with Gasteiger partial charge in [-0.15, -0.1) is 0 Å². The third-order valence-corrected chi connectivity index (χ3v) is 9.69. The quantitative estimate of drug-likeness (QED) is 0.155. The first-order chi connectivity index (χ1) is 23.6. The van der Waals surface area contributed by atoms with Crippen LogP contribution in [0.3, 0.4) is 0 Å². The highest BCUT2D eigenvalue weighted by molar-refractivity contribution is 6.01. The number of hydrogen-bond acceptors (Lipinski definition) is 4. The van der Waals surface area contributed by atoms with E-state index in [4.69, 9.17) is 4.74 Å². The van der Waals surface area contributed by atoms with Crippen molar-refractivity contribution in [2.24, 2.45) is 0 Å². The fraction of sp³-hybridized carbons (Fsp3) is 0.275. The smallest absolute Gasteiger partial charge is 0.416 e. The van der Waals surface area contributed by atoms with Gasteiger partial charge in [0.1, 0.15) is 12.0 Å². The number of likely N-dealkylation sites (tertiary alicyclic amines) is 1. The second-order valence-electron chi connectivity index (χ2n) is 12.5. The Balaban J connectivity index is 1.15. The van der Waals surface area contributed by atoms with Crippen molar-refractivity contribution in [2.75, 3.05) is 19.7 Å². The summed E-state index contributed by atoms with van der Waals surface area (Å²) in [6, 6.07) is 28.6. The number of amides is 2. The third-order valence-electron chi connectivity index (χ3n) is 9.69. The third kappa shape index (κ3) is 6.75. The number of rotatable bonds is 8. The standard InChI is InChI=1S/C40H37F3N2O4/c1-2-26-49-38(48)39(28-10-4-3-5-11-28)23-20-34(32-13-8-9-15-35(32)39)37(47)45-24-21-30(22-25-45)44-36(46)33-14-7-6-12-31(33)27-16-18-29(19-17-27)40(41,42)43/h2-19,30,34H,1,20-26H2,(H,44,46)/t34-,39+/m1/s1. The number of piperidine rings is 1. The van der Waals surface area contributed by atoms with Gasteiger partial charge in [-0.2, -0.15) is 13.2 Å². The average molecular weight is 667 g/mol. The maximum atomic E-state index is 14.1. The van der Waals surface area contributed by atoms with Crippen molar-refractivity contribution in [3.05, 3.63) is 144 Å². The van der Waals surface area contributed by atoms with Gasteiger partial charge in [-0.3, -0.25) is 14.4 Å². The maximum absolute atomic E-state index is 14.1. The summed E-state index contributed by atoms with van der Waals surface area (Å²) in [6.07, 6.45) is -0.928. The number of hydrogen-bond donors (Lipinski definition) is 1. The first kappa shape index (κ1) is 33.7. The molecule has 9 heteroatoms. The van der Waals surface area contributed by atoms with Gasteiger partial charge in [-0.1, -0.05) is 97.6 Å². The van der Waals surface area contributed by atoms with Gasteiger partial charge in [0.2, 0.25) is 5.91 Å². The largest absolute Gasteiger partial charge is 0.461 e. The van der Waals surface area contributed by atoms with E-state index in [1.54, 1.807) is 30.3 Å². The van der Waals surface area contributed by atoms with Gasteiger partial charge in [-0.25, -0.2) is 0 Å². The number of nitrogens with one attached hydrogen (secondary N) is 1. The van der Waals surface area contributed by atoms with Crippen LogP contribution in [0.25, 0.3) is 11.1 Å². The lowest BCUT2D eigenvalue weighted by Gasteiger charge is -2.42. The van der Waals surface area contributed by atoms with Gasteiger partial charge in [0.15, 0.2) is 0 Å². The zero-order valence-electron chi connectivity index (χ0n) is 26.9. The lowest BCUT2D eigenvalue weighted by Crippen LogP contribution is -2.49. The zero-order valence-corrected chi connectivity index (χ0v) is 26.9. The molecule has 4 aromatic carbocycles. The first-order valence-electron chi connectivity index (χ1n) is 16.4. The summed E-state index contributed by atoms with van der Waals surface area (Å²) in [6.45, 7) is 4.68. The van der Waals surface area contributed by atoms with E-state index >= 15 is 0 Å². The van der Waals surface area contributed by atoms with Gasteiger partial charge < -0.3 is 15.0 Å². The summed E-state index contributed by atoms with van der Waals surface area (Å²) >= 11 is 0. The lowest BCUT2D eigenvalue weighted by atomic mass is 9.63. The molecule has 1 N–H and O–H groups in total. The Morgan fingerprint density at radius 3 is 2.20 bits per heavy atom. The number of halogens is 3. The van der Waals surface area contributed by atoms with Crippen LogP contribution in [0.1, 0.15) is 64.2 Å². The summed E-state index contributed by atoms with van der Waals surface area (Å²) in [5.74, 6) is -1.12. The Morgan fingerprint density at radius 1 is 0.857 bits per heavy atom. The number of alkyl halides is 3. The van der Waals surface area contributed by atoms with Crippen LogP contribution in [0.2, 0.25) is 0 Å². The van der Waals surface area contributed by atoms with Gasteiger partial charge in [0.25, 0.3) is 5.91 Å². The van der Waals surface area contributed by atoms with Crippen LogP contribution in [-0.2, 0) is 25.9 Å². The van der Waals surface area contributed by atoms with E-state index in [0.29, 0.717) is 55.5 Å². The molecule has 49 heavy (non-hydrogen) atoms. The van der Waals surface area contributed by atoms with Gasteiger partial charge in [0, 0.05) is 24.7 Å². The molecule has 2 atom stereocenters. The molecule has 4 aromatic rings. The van der Waals surface area contributed by atoms with Crippen molar-refractivity contribution in [3.8, 4) is 11.1 Å². The molecule has 0 bridgehead atoms. The average Bonchev–Trinajstić information content (AvgIpc) is 3.13. The molecule has 6 nitrogen and oxygen atoms in total. The lowest BCUT2D eigenvalue weighted by molar-refractivity contribution is -0.149. The first-order valence-corrected chi connectivity index (χ1v) is 16.4. The summed E-state index contributed by atoms with van der Waals surface area (Å²) in [5.41, 5.74) is 2.02. The molecule has 0 spiro atoms. The van der Waals surface area contributed by atoms with E-state index in [1.165, 1.54) is 12.1 Å². The van der Waals surface area contributed by atoms with Gasteiger partial charge >= 0.3 is 12.1 Å². The fourth-order valence-corrected chi connectivity index (χ4v) is 7.21. The van der Waals surface area contributed by atoms with Crippen LogP contribution < -0.4 is 5.32 Å². The molecule has 1 aliphatic heterocycles. The second kappa shape index (κ2) is 14.1. The van der Waals surface area contributed by atoms with Crippen molar-refractivity contribution in [2.45, 2.75) is 49.2 Å². The van der Waals surface area contributed by atoms with Crippen LogP contribution in [0, 0.1) is 0 Å². The number of ether oxygens (including phenoxy) is 1. The number of benzene rings is 4. The maximum Gasteiger partial charge on any atom is 0.416 e.